The summed E-state index contributed by atoms with van der Waals surface area (Å²) >= 11 is 0. The molecule has 5 nitrogen and oxygen atoms in total. The summed E-state index contributed by atoms with van der Waals surface area (Å²) in [4.78, 5) is 12.1. The Morgan fingerprint density at radius 1 is 0.840 bits per heavy atom. The molecule has 0 aliphatic rings. The van der Waals surface area contributed by atoms with Gasteiger partial charge in [-0.1, -0.05) is 18.2 Å². The predicted octanol–water partition coefficient (Wildman–Crippen LogP) is 3.67. The van der Waals surface area contributed by atoms with E-state index in [1.54, 1.807) is 36.6 Å². The molecule has 25 heavy (non-hydrogen) atoms. The van der Waals surface area contributed by atoms with Gasteiger partial charge < -0.3 is 19.2 Å². The number of hydrogen-bond acceptors (Lipinski definition) is 4. The Morgan fingerprint density at radius 2 is 1.52 bits per heavy atom. The summed E-state index contributed by atoms with van der Waals surface area (Å²) < 4.78 is 16.3. The first-order chi connectivity index (χ1) is 12.3. The third-order valence-electron chi connectivity index (χ3n) is 3.48. The summed E-state index contributed by atoms with van der Waals surface area (Å²) in [5.41, 5.74) is 0.569. The van der Waals surface area contributed by atoms with Crippen LogP contribution in [0, 0.1) is 0 Å². The van der Waals surface area contributed by atoms with E-state index in [9.17, 15) is 4.79 Å². The lowest BCUT2D eigenvalue weighted by atomic mass is 10.2. The lowest BCUT2D eigenvalue weighted by molar-refractivity contribution is 0.0948. The van der Waals surface area contributed by atoms with Crippen molar-refractivity contribution in [2.45, 2.75) is 6.54 Å². The van der Waals surface area contributed by atoms with E-state index in [2.05, 4.69) is 5.32 Å². The molecule has 0 unspecified atom stereocenters. The molecule has 1 N–H and O–H groups in total. The molecule has 0 saturated carbocycles. The quantitative estimate of drug-likeness (QED) is 0.637. The molecule has 5 heteroatoms. The highest BCUT2D eigenvalue weighted by Gasteiger charge is 2.06. The van der Waals surface area contributed by atoms with Crippen molar-refractivity contribution in [3.63, 3.8) is 0 Å². The van der Waals surface area contributed by atoms with Crippen LogP contribution in [0.1, 0.15) is 16.1 Å². The summed E-state index contributed by atoms with van der Waals surface area (Å²) in [5.74, 6) is 2.07. The molecular formula is C20H19NO4. The zero-order chi connectivity index (χ0) is 17.3. The average Bonchev–Trinajstić information content (AvgIpc) is 3.18. The van der Waals surface area contributed by atoms with Crippen LogP contribution in [0.15, 0.2) is 77.4 Å². The van der Waals surface area contributed by atoms with E-state index in [1.165, 1.54) is 0 Å². The molecule has 1 heterocycles. The summed E-state index contributed by atoms with van der Waals surface area (Å²) in [5, 5.41) is 2.80. The van der Waals surface area contributed by atoms with Gasteiger partial charge in [0.2, 0.25) is 0 Å². The Labute approximate surface area is 146 Å². The SMILES string of the molecule is O=C(NCc1ccco1)c1ccc(OCCOc2ccccc2)cc1. The number of rotatable bonds is 8. The Bertz CT molecular complexity index is 767. The van der Waals surface area contributed by atoms with Crippen LogP contribution in [0.4, 0.5) is 0 Å². The maximum Gasteiger partial charge on any atom is 0.251 e. The number of ether oxygens (including phenoxy) is 2. The van der Waals surface area contributed by atoms with Crippen molar-refractivity contribution < 1.29 is 18.7 Å². The number of hydrogen-bond donors (Lipinski definition) is 1. The number of amides is 1. The van der Waals surface area contributed by atoms with Gasteiger partial charge in [-0.2, -0.15) is 0 Å². The molecule has 0 radical (unpaired) electrons. The molecule has 0 atom stereocenters. The fraction of sp³-hybridized carbons (Fsp3) is 0.150. The maximum atomic E-state index is 12.1. The minimum Gasteiger partial charge on any atom is -0.490 e. The predicted molar refractivity (Wildman–Crippen MR) is 93.8 cm³/mol. The fourth-order valence-corrected chi connectivity index (χ4v) is 2.22. The molecule has 0 bridgehead atoms. The number of carbonyl (C=O) groups is 1. The lowest BCUT2D eigenvalue weighted by Crippen LogP contribution is -2.22. The van der Waals surface area contributed by atoms with Gasteiger partial charge >= 0.3 is 0 Å². The Kier molecular flexibility index (Phi) is 5.72. The first-order valence-corrected chi connectivity index (χ1v) is 8.02. The van der Waals surface area contributed by atoms with Gasteiger partial charge in [0.15, 0.2) is 0 Å². The van der Waals surface area contributed by atoms with Gasteiger partial charge in [0, 0.05) is 5.56 Å². The summed E-state index contributed by atoms with van der Waals surface area (Å²) in [6.45, 7) is 1.25. The van der Waals surface area contributed by atoms with Crippen LogP contribution >= 0.6 is 0 Å². The number of carbonyl (C=O) groups excluding carboxylic acids is 1. The second-order valence-electron chi connectivity index (χ2n) is 5.30. The molecule has 0 aliphatic carbocycles. The Morgan fingerprint density at radius 3 is 2.16 bits per heavy atom. The van der Waals surface area contributed by atoms with Gasteiger partial charge in [0.1, 0.15) is 30.5 Å². The molecule has 0 aliphatic heterocycles. The van der Waals surface area contributed by atoms with Crippen LogP contribution < -0.4 is 14.8 Å². The zero-order valence-electron chi connectivity index (χ0n) is 13.7. The van der Waals surface area contributed by atoms with Crippen molar-refractivity contribution >= 4 is 5.91 Å². The Hall–Kier alpha value is -3.21. The third-order valence-corrected chi connectivity index (χ3v) is 3.48. The van der Waals surface area contributed by atoms with Gasteiger partial charge in [-0.05, 0) is 48.5 Å². The molecule has 0 spiro atoms. The van der Waals surface area contributed by atoms with E-state index in [4.69, 9.17) is 13.9 Å². The monoisotopic (exact) mass is 337 g/mol. The van der Waals surface area contributed by atoms with E-state index >= 15 is 0 Å². The topological polar surface area (TPSA) is 60.7 Å². The third kappa shape index (κ3) is 5.14. The van der Waals surface area contributed by atoms with Crippen LogP contribution in [0.5, 0.6) is 11.5 Å². The van der Waals surface area contributed by atoms with E-state index in [0.29, 0.717) is 36.8 Å². The first-order valence-electron chi connectivity index (χ1n) is 8.02. The van der Waals surface area contributed by atoms with Gasteiger partial charge in [0.25, 0.3) is 5.91 Å². The molecule has 1 amide bonds. The van der Waals surface area contributed by atoms with Crippen molar-refractivity contribution in [3.8, 4) is 11.5 Å². The van der Waals surface area contributed by atoms with Gasteiger partial charge in [-0.3, -0.25) is 4.79 Å². The molecule has 0 saturated heterocycles. The van der Waals surface area contributed by atoms with Crippen molar-refractivity contribution in [2.24, 2.45) is 0 Å². The second kappa shape index (κ2) is 8.59. The minimum atomic E-state index is -0.157. The van der Waals surface area contributed by atoms with E-state index in [-0.39, 0.29) is 5.91 Å². The molecule has 2 aromatic carbocycles. The van der Waals surface area contributed by atoms with Crippen molar-refractivity contribution in [1.29, 1.82) is 0 Å². The zero-order valence-corrected chi connectivity index (χ0v) is 13.7. The van der Waals surface area contributed by atoms with E-state index < -0.39 is 0 Å². The fourth-order valence-electron chi connectivity index (χ4n) is 2.22. The second-order valence-corrected chi connectivity index (χ2v) is 5.30. The minimum absolute atomic E-state index is 0.157. The molecule has 3 aromatic rings. The van der Waals surface area contributed by atoms with Gasteiger partial charge in [-0.15, -0.1) is 0 Å². The highest BCUT2D eigenvalue weighted by atomic mass is 16.5. The number of para-hydroxylation sites is 1. The highest BCUT2D eigenvalue weighted by molar-refractivity contribution is 5.94. The molecular weight excluding hydrogens is 318 g/mol. The molecule has 0 fully saturated rings. The van der Waals surface area contributed by atoms with Crippen molar-refractivity contribution in [1.82, 2.24) is 5.32 Å². The van der Waals surface area contributed by atoms with Crippen molar-refractivity contribution in [2.75, 3.05) is 13.2 Å². The number of furan rings is 1. The van der Waals surface area contributed by atoms with Gasteiger partial charge in [0.05, 0.1) is 12.8 Å². The highest BCUT2D eigenvalue weighted by Crippen LogP contribution is 2.13. The normalized spacial score (nSPS) is 10.2. The maximum absolute atomic E-state index is 12.1. The smallest absolute Gasteiger partial charge is 0.251 e. The first kappa shape index (κ1) is 16.6. The summed E-state index contributed by atoms with van der Waals surface area (Å²) in [6.07, 6.45) is 1.58. The average molecular weight is 337 g/mol. The standard InChI is InChI=1S/C20H19NO4/c22-20(21-15-19-7-4-12-23-19)16-8-10-18(11-9-16)25-14-13-24-17-5-2-1-3-6-17/h1-12H,13-15H2,(H,21,22). The molecule has 3 rings (SSSR count). The van der Waals surface area contributed by atoms with Crippen LogP contribution in [0.3, 0.4) is 0 Å². The van der Waals surface area contributed by atoms with Gasteiger partial charge in [-0.25, -0.2) is 0 Å². The van der Waals surface area contributed by atoms with Crippen LogP contribution in [-0.2, 0) is 6.54 Å². The lowest BCUT2D eigenvalue weighted by Gasteiger charge is -2.09. The van der Waals surface area contributed by atoms with Crippen molar-refractivity contribution in [3.05, 3.63) is 84.3 Å². The molecule has 1 aromatic heterocycles. The van der Waals surface area contributed by atoms with Crippen LogP contribution in [-0.4, -0.2) is 19.1 Å². The van der Waals surface area contributed by atoms with E-state index in [0.717, 1.165) is 5.75 Å². The summed E-state index contributed by atoms with van der Waals surface area (Å²) in [7, 11) is 0. The largest absolute Gasteiger partial charge is 0.490 e. The number of nitrogens with one attached hydrogen (secondary N) is 1. The summed E-state index contributed by atoms with van der Waals surface area (Å²) in [6, 6.07) is 20.2. The van der Waals surface area contributed by atoms with Crippen LogP contribution in [0.2, 0.25) is 0 Å². The molecule has 128 valence electrons. The Balaban J connectivity index is 1.41. The van der Waals surface area contributed by atoms with E-state index in [1.807, 2.05) is 36.4 Å². The van der Waals surface area contributed by atoms with Crippen LogP contribution in [0.25, 0.3) is 0 Å². The number of benzene rings is 2.